The first kappa shape index (κ1) is 17.4. The average Bonchev–Trinajstić information content (AvgIpc) is 2.46. The number of piperidine rings is 1. The number of hydrogen-bond acceptors (Lipinski definition) is 4. The number of carbonyl (C=O) groups excluding carboxylic acids is 2. The van der Waals surface area contributed by atoms with E-state index in [1.54, 1.807) is 0 Å². The number of hydrogen-bond donors (Lipinski definition) is 1. The van der Waals surface area contributed by atoms with Crippen molar-refractivity contribution >= 4 is 23.5 Å². The van der Waals surface area contributed by atoms with Crippen molar-refractivity contribution in [1.82, 2.24) is 5.32 Å². The molecule has 1 aromatic rings. The predicted molar refractivity (Wildman–Crippen MR) is 82.4 cm³/mol. The van der Waals surface area contributed by atoms with Crippen molar-refractivity contribution in [1.29, 1.82) is 0 Å². The molecule has 124 valence electrons. The first-order valence-electron chi connectivity index (χ1n) is 7.03. The first-order chi connectivity index (χ1) is 11.0. The Kier molecular flexibility index (Phi) is 5.74. The smallest absolute Gasteiger partial charge is 0.315 e. The van der Waals surface area contributed by atoms with Gasteiger partial charge in [-0.3, -0.25) is 9.59 Å². The molecule has 0 radical (unpaired) electrons. The minimum absolute atomic E-state index is 0.0603. The summed E-state index contributed by atoms with van der Waals surface area (Å²) in [6, 6.07) is 4.22. The monoisotopic (exact) mass is 341 g/mol. The van der Waals surface area contributed by atoms with Crippen LogP contribution in [0.1, 0.15) is 17.9 Å². The van der Waals surface area contributed by atoms with Crippen LogP contribution in [0.25, 0.3) is 0 Å². The van der Waals surface area contributed by atoms with Gasteiger partial charge in [-0.25, -0.2) is 4.39 Å². The number of methoxy groups -OCH3 is 1. The molecule has 23 heavy (non-hydrogen) atoms. The van der Waals surface area contributed by atoms with Gasteiger partial charge in [0.15, 0.2) is 0 Å². The summed E-state index contributed by atoms with van der Waals surface area (Å²) in [7, 11) is 1.48. The van der Waals surface area contributed by atoms with Crippen molar-refractivity contribution in [3.05, 3.63) is 46.9 Å². The quantitative estimate of drug-likeness (QED) is 0.660. The molecular formula is C16H17ClFNO4. The topological polar surface area (TPSA) is 64.6 Å². The predicted octanol–water partition coefficient (Wildman–Crippen LogP) is 2.40. The van der Waals surface area contributed by atoms with Gasteiger partial charge in [-0.1, -0.05) is 24.2 Å². The van der Waals surface area contributed by atoms with Crippen LogP contribution in [-0.4, -0.2) is 32.2 Å². The molecule has 1 amide bonds. The molecule has 1 aliphatic rings. The zero-order chi connectivity index (χ0) is 17.0. The molecule has 0 bridgehead atoms. The maximum Gasteiger partial charge on any atom is 0.315 e. The lowest BCUT2D eigenvalue weighted by Gasteiger charge is -2.32. The fraction of sp³-hybridized carbons (Fsp3) is 0.375. The van der Waals surface area contributed by atoms with E-state index in [9.17, 15) is 14.0 Å². The van der Waals surface area contributed by atoms with Gasteiger partial charge >= 0.3 is 5.97 Å². The van der Waals surface area contributed by atoms with E-state index in [0.29, 0.717) is 0 Å². The second kappa shape index (κ2) is 7.57. The van der Waals surface area contributed by atoms with Gasteiger partial charge in [0.05, 0.1) is 6.61 Å². The highest BCUT2D eigenvalue weighted by Gasteiger charge is 2.41. The molecule has 1 aromatic carbocycles. The van der Waals surface area contributed by atoms with E-state index in [1.807, 2.05) is 0 Å². The molecule has 2 atom stereocenters. The summed E-state index contributed by atoms with van der Waals surface area (Å²) in [5, 5.41) is 2.67. The molecule has 1 aliphatic heterocycles. The molecule has 1 heterocycles. The average molecular weight is 342 g/mol. The molecule has 2 rings (SSSR count). The number of benzene rings is 1. The van der Waals surface area contributed by atoms with Crippen LogP contribution >= 0.6 is 11.6 Å². The van der Waals surface area contributed by atoms with Crippen LogP contribution in [0.3, 0.4) is 0 Å². The lowest BCUT2D eigenvalue weighted by Crippen LogP contribution is -2.42. The van der Waals surface area contributed by atoms with Gasteiger partial charge in [0.2, 0.25) is 5.91 Å². The summed E-state index contributed by atoms with van der Waals surface area (Å²) in [6.45, 7) is 4.00. The van der Waals surface area contributed by atoms with E-state index >= 15 is 0 Å². The normalized spacial score (nSPS) is 21.0. The number of amides is 1. The third-order valence-electron chi connectivity index (χ3n) is 3.64. The number of halogens is 2. The fourth-order valence-corrected chi connectivity index (χ4v) is 2.93. The Labute approximate surface area is 138 Å². The van der Waals surface area contributed by atoms with Crippen molar-refractivity contribution < 1.29 is 23.5 Å². The lowest BCUT2D eigenvalue weighted by atomic mass is 9.79. The van der Waals surface area contributed by atoms with Gasteiger partial charge in [-0.2, -0.15) is 0 Å². The standard InChI is InChI=1S/C16H17ClFNO4/c1-9-14(16(21)23-7-6-22-2)10(8-13(20)19-9)15-11(17)4-3-5-12(15)18/h3-5,10,14H,1,6-8H2,2H3,(H,19,20)/t10-,14-/m1/s1. The Balaban J connectivity index is 2.34. The minimum Gasteiger partial charge on any atom is -0.463 e. The van der Waals surface area contributed by atoms with Crippen molar-refractivity contribution in [2.75, 3.05) is 20.3 Å². The van der Waals surface area contributed by atoms with Crippen LogP contribution in [-0.2, 0) is 19.1 Å². The molecule has 0 saturated carbocycles. The van der Waals surface area contributed by atoms with Gasteiger partial charge in [0.1, 0.15) is 18.3 Å². The molecule has 0 unspecified atom stereocenters. The number of ether oxygens (including phenoxy) is 2. The highest BCUT2D eigenvalue weighted by Crippen LogP contribution is 2.40. The molecule has 7 heteroatoms. The Hall–Kier alpha value is -1.92. The summed E-state index contributed by atoms with van der Waals surface area (Å²) in [6.07, 6.45) is -0.0796. The van der Waals surface area contributed by atoms with Crippen molar-refractivity contribution in [2.45, 2.75) is 12.3 Å². The molecular weight excluding hydrogens is 325 g/mol. The maximum atomic E-state index is 14.2. The van der Waals surface area contributed by atoms with Crippen molar-refractivity contribution in [3.8, 4) is 0 Å². The summed E-state index contributed by atoms with van der Waals surface area (Å²) >= 11 is 6.08. The maximum absolute atomic E-state index is 14.2. The second-order valence-electron chi connectivity index (χ2n) is 5.16. The highest BCUT2D eigenvalue weighted by atomic mass is 35.5. The summed E-state index contributed by atoms with van der Waals surface area (Å²) in [5.41, 5.74) is 0.298. The van der Waals surface area contributed by atoms with Crippen molar-refractivity contribution in [2.24, 2.45) is 5.92 Å². The van der Waals surface area contributed by atoms with Crippen LogP contribution in [0.2, 0.25) is 5.02 Å². The largest absolute Gasteiger partial charge is 0.463 e. The number of esters is 1. The minimum atomic E-state index is -0.904. The Bertz CT molecular complexity index is 614. The zero-order valence-corrected chi connectivity index (χ0v) is 13.4. The van der Waals surface area contributed by atoms with Gasteiger partial charge in [-0.05, 0) is 12.1 Å². The zero-order valence-electron chi connectivity index (χ0n) is 12.6. The van der Waals surface area contributed by atoms with Crippen LogP contribution in [0, 0.1) is 11.7 Å². The van der Waals surface area contributed by atoms with Crippen molar-refractivity contribution in [3.63, 3.8) is 0 Å². The van der Waals surface area contributed by atoms with Crippen LogP contribution in [0.4, 0.5) is 4.39 Å². The molecule has 0 aliphatic carbocycles. The summed E-state index contributed by atoms with van der Waals surface area (Å²) < 4.78 is 24.2. The number of carbonyl (C=O) groups is 2. The van der Waals surface area contributed by atoms with Gasteiger partial charge < -0.3 is 14.8 Å². The number of rotatable bonds is 5. The molecule has 0 aromatic heterocycles. The van der Waals surface area contributed by atoms with Crippen LogP contribution in [0.15, 0.2) is 30.5 Å². The Morgan fingerprint density at radius 1 is 1.48 bits per heavy atom. The van der Waals surface area contributed by atoms with Gasteiger partial charge in [0, 0.05) is 35.7 Å². The van der Waals surface area contributed by atoms with E-state index in [0.717, 1.165) is 0 Å². The van der Waals surface area contributed by atoms with E-state index in [1.165, 1.54) is 25.3 Å². The van der Waals surface area contributed by atoms with Crippen LogP contribution < -0.4 is 5.32 Å². The third kappa shape index (κ3) is 3.89. The fourth-order valence-electron chi connectivity index (χ4n) is 2.62. The molecule has 1 saturated heterocycles. The van der Waals surface area contributed by atoms with E-state index < -0.39 is 23.6 Å². The Morgan fingerprint density at radius 3 is 2.87 bits per heavy atom. The summed E-state index contributed by atoms with van der Waals surface area (Å²) in [5.74, 6) is -3.18. The Morgan fingerprint density at radius 2 is 2.22 bits per heavy atom. The molecule has 5 nitrogen and oxygen atoms in total. The molecule has 1 fully saturated rings. The van der Waals surface area contributed by atoms with Gasteiger partial charge in [-0.15, -0.1) is 0 Å². The second-order valence-corrected chi connectivity index (χ2v) is 5.56. The molecule has 1 N–H and O–H groups in total. The lowest BCUT2D eigenvalue weighted by molar-refractivity contribution is -0.150. The van der Waals surface area contributed by atoms with Crippen LogP contribution in [0.5, 0.6) is 0 Å². The first-order valence-corrected chi connectivity index (χ1v) is 7.41. The van der Waals surface area contributed by atoms with Gasteiger partial charge in [0.25, 0.3) is 0 Å². The number of nitrogens with one attached hydrogen (secondary N) is 1. The third-order valence-corrected chi connectivity index (χ3v) is 3.97. The SMILES string of the molecule is C=C1NC(=O)C[C@@H](c2c(F)cccc2Cl)[C@@H]1C(=O)OCCOC. The summed E-state index contributed by atoms with van der Waals surface area (Å²) in [4.78, 5) is 24.1. The van der Waals surface area contributed by atoms with E-state index in [4.69, 9.17) is 21.1 Å². The van der Waals surface area contributed by atoms with E-state index in [2.05, 4.69) is 11.9 Å². The molecule has 0 spiro atoms. The highest BCUT2D eigenvalue weighted by molar-refractivity contribution is 6.31. The van der Waals surface area contributed by atoms with E-state index in [-0.39, 0.29) is 41.8 Å².